The second-order valence-electron chi connectivity index (χ2n) is 4.61. The highest BCUT2D eigenvalue weighted by atomic mass is 79.9. The molecule has 0 saturated heterocycles. The molecule has 0 fully saturated rings. The molecule has 1 N–H and O–H groups in total. The summed E-state index contributed by atoms with van der Waals surface area (Å²) in [6.07, 6.45) is 7.61. The zero-order valence-electron chi connectivity index (χ0n) is 10.4. The summed E-state index contributed by atoms with van der Waals surface area (Å²) < 4.78 is 0.982. The normalized spacial score (nSPS) is 17.3. The Kier molecular flexibility index (Phi) is 2.99. The van der Waals surface area contributed by atoms with Crippen molar-refractivity contribution >= 4 is 27.4 Å². The van der Waals surface area contributed by atoms with Gasteiger partial charge in [-0.25, -0.2) is 0 Å². The lowest BCUT2D eigenvalue weighted by Gasteiger charge is -2.15. The second-order valence-corrected chi connectivity index (χ2v) is 5.53. The molecule has 94 valence electrons. The first-order chi connectivity index (χ1) is 9.13. The third kappa shape index (κ3) is 2.34. The maximum Gasteiger partial charge on any atom is 0.202 e. The molecule has 0 unspecified atom stereocenters. The molecule has 0 radical (unpaired) electrons. The topological polar surface area (TPSA) is 29.1 Å². The standard InChI is InChI=1S/C16H12BrNO/c1-10-7-11-5-6-15(19)16(14(11)8-10)18-13-4-2-3-12(17)9-13/h2-9,18H,1H3. The molecule has 0 aromatic heterocycles. The van der Waals surface area contributed by atoms with Gasteiger partial charge in [-0.3, -0.25) is 4.79 Å². The predicted molar refractivity (Wildman–Crippen MR) is 80.8 cm³/mol. The van der Waals surface area contributed by atoms with Gasteiger partial charge in [0.05, 0.1) is 5.70 Å². The van der Waals surface area contributed by atoms with Crippen LogP contribution >= 0.6 is 15.9 Å². The molecule has 0 heterocycles. The molecule has 19 heavy (non-hydrogen) atoms. The van der Waals surface area contributed by atoms with Crippen molar-refractivity contribution in [2.45, 2.75) is 6.92 Å². The van der Waals surface area contributed by atoms with E-state index < -0.39 is 0 Å². The van der Waals surface area contributed by atoms with Crippen LogP contribution in [0.3, 0.4) is 0 Å². The maximum absolute atomic E-state index is 12.1. The van der Waals surface area contributed by atoms with E-state index >= 15 is 0 Å². The minimum atomic E-state index is 0.0121. The number of benzene rings is 1. The van der Waals surface area contributed by atoms with Crippen LogP contribution in [-0.4, -0.2) is 5.78 Å². The second kappa shape index (κ2) is 4.67. The quantitative estimate of drug-likeness (QED) is 0.889. The molecule has 0 saturated carbocycles. The van der Waals surface area contributed by atoms with Crippen molar-refractivity contribution in [3.8, 4) is 0 Å². The summed E-state index contributed by atoms with van der Waals surface area (Å²) in [7, 11) is 0. The molecule has 0 aliphatic heterocycles. The first-order valence-electron chi connectivity index (χ1n) is 6.03. The summed E-state index contributed by atoms with van der Waals surface area (Å²) in [4.78, 5) is 12.1. The molecule has 0 amide bonds. The van der Waals surface area contributed by atoms with Crippen molar-refractivity contribution in [3.63, 3.8) is 0 Å². The summed E-state index contributed by atoms with van der Waals surface area (Å²) >= 11 is 3.43. The number of fused-ring (bicyclic) bond motifs is 1. The maximum atomic E-state index is 12.1. The molecule has 3 rings (SSSR count). The number of hydrogen-bond donors (Lipinski definition) is 1. The number of allylic oxidation sites excluding steroid dienone is 7. The molecule has 3 heteroatoms. The van der Waals surface area contributed by atoms with E-state index in [1.165, 1.54) is 0 Å². The summed E-state index contributed by atoms with van der Waals surface area (Å²) in [5, 5.41) is 3.23. The lowest BCUT2D eigenvalue weighted by molar-refractivity contribution is -0.111. The highest BCUT2D eigenvalue weighted by Gasteiger charge is 2.21. The zero-order valence-corrected chi connectivity index (χ0v) is 12.0. The Morgan fingerprint density at radius 2 is 2.00 bits per heavy atom. The van der Waals surface area contributed by atoms with Crippen LogP contribution in [0.5, 0.6) is 0 Å². The number of nitrogens with one attached hydrogen (secondary N) is 1. The summed E-state index contributed by atoms with van der Waals surface area (Å²) in [5.41, 5.74) is 4.78. The highest BCUT2D eigenvalue weighted by molar-refractivity contribution is 9.10. The highest BCUT2D eigenvalue weighted by Crippen LogP contribution is 2.31. The fourth-order valence-electron chi connectivity index (χ4n) is 2.25. The molecule has 0 bridgehead atoms. The van der Waals surface area contributed by atoms with Gasteiger partial charge >= 0.3 is 0 Å². The van der Waals surface area contributed by atoms with E-state index in [1.807, 2.05) is 43.3 Å². The fraction of sp³-hybridized carbons (Fsp3) is 0.0625. The molecule has 2 aliphatic carbocycles. The molecule has 1 aromatic carbocycles. The fourth-order valence-corrected chi connectivity index (χ4v) is 2.65. The molecular weight excluding hydrogens is 302 g/mol. The smallest absolute Gasteiger partial charge is 0.202 e. The SMILES string of the molecule is CC1=CC2=C(Nc3cccc(Br)c3)C(=O)C=CC2=C1. The van der Waals surface area contributed by atoms with E-state index in [9.17, 15) is 4.79 Å². The van der Waals surface area contributed by atoms with Gasteiger partial charge < -0.3 is 5.32 Å². The van der Waals surface area contributed by atoms with E-state index in [4.69, 9.17) is 0 Å². The number of carbonyl (C=O) groups is 1. The van der Waals surface area contributed by atoms with Crippen LogP contribution in [0.25, 0.3) is 0 Å². The van der Waals surface area contributed by atoms with Gasteiger partial charge in [-0.2, -0.15) is 0 Å². The molecule has 2 aliphatic rings. The Morgan fingerprint density at radius 1 is 1.16 bits per heavy atom. The Bertz CT molecular complexity index is 692. The zero-order chi connectivity index (χ0) is 13.4. The van der Waals surface area contributed by atoms with Gasteiger partial charge in [0, 0.05) is 15.7 Å². The average Bonchev–Trinajstić information content (AvgIpc) is 2.74. The van der Waals surface area contributed by atoms with Gasteiger partial charge in [-0.15, -0.1) is 0 Å². The van der Waals surface area contributed by atoms with Crippen molar-refractivity contribution < 1.29 is 4.79 Å². The van der Waals surface area contributed by atoms with E-state index in [-0.39, 0.29) is 5.78 Å². The molecular formula is C16H12BrNO. The number of halogens is 1. The van der Waals surface area contributed by atoms with Crippen molar-refractivity contribution in [2.24, 2.45) is 0 Å². The van der Waals surface area contributed by atoms with Crippen molar-refractivity contribution in [3.05, 3.63) is 75.5 Å². The van der Waals surface area contributed by atoms with Crippen LogP contribution < -0.4 is 5.32 Å². The summed E-state index contributed by atoms with van der Waals surface area (Å²) in [6.45, 7) is 2.04. The predicted octanol–water partition coefficient (Wildman–Crippen LogP) is 4.14. The number of carbonyl (C=O) groups excluding carboxylic acids is 1. The Morgan fingerprint density at radius 3 is 2.79 bits per heavy atom. The Labute approximate surface area is 120 Å². The van der Waals surface area contributed by atoms with E-state index in [1.54, 1.807) is 6.08 Å². The van der Waals surface area contributed by atoms with Crippen LogP contribution in [-0.2, 0) is 4.79 Å². The molecule has 2 nitrogen and oxygen atoms in total. The lowest BCUT2D eigenvalue weighted by Crippen LogP contribution is -2.15. The summed E-state index contributed by atoms with van der Waals surface area (Å²) in [6, 6.07) is 7.79. The summed E-state index contributed by atoms with van der Waals surface area (Å²) in [5.74, 6) is 0.0121. The van der Waals surface area contributed by atoms with Crippen molar-refractivity contribution in [1.82, 2.24) is 0 Å². The van der Waals surface area contributed by atoms with Crippen LogP contribution in [0, 0.1) is 0 Å². The van der Waals surface area contributed by atoms with Gasteiger partial charge in [0.15, 0.2) is 0 Å². The third-order valence-electron chi connectivity index (χ3n) is 3.09. The van der Waals surface area contributed by atoms with Gasteiger partial charge in [0.25, 0.3) is 0 Å². The Balaban J connectivity index is 2.01. The number of ketones is 1. The van der Waals surface area contributed by atoms with Crippen molar-refractivity contribution in [1.29, 1.82) is 0 Å². The van der Waals surface area contributed by atoms with E-state index in [0.29, 0.717) is 5.70 Å². The van der Waals surface area contributed by atoms with Gasteiger partial charge in [-0.05, 0) is 48.4 Å². The molecule has 0 atom stereocenters. The number of hydrogen-bond acceptors (Lipinski definition) is 2. The number of rotatable bonds is 2. The third-order valence-corrected chi connectivity index (χ3v) is 3.58. The van der Waals surface area contributed by atoms with Crippen LogP contribution in [0.15, 0.2) is 75.5 Å². The number of anilines is 1. The first-order valence-corrected chi connectivity index (χ1v) is 6.82. The average molecular weight is 314 g/mol. The minimum absolute atomic E-state index is 0.0121. The van der Waals surface area contributed by atoms with E-state index in [2.05, 4.69) is 27.3 Å². The largest absolute Gasteiger partial charge is 0.352 e. The lowest BCUT2D eigenvalue weighted by atomic mass is 9.98. The Hall–Kier alpha value is -1.87. The van der Waals surface area contributed by atoms with Crippen LogP contribution in [0.2, 0.25) is 0 Å². The van der Waals surface area contributed by atoms with Crippen molar-refractivity contribution in [2.75, 3.05) is 5.32 Å². The minimum Gasteiger partial charge on any atom is -0.352 e. The van der Waals surface area contributed by atoms with Gasteiger partial charge in [0.1, 0.15) is 0 Å². The van der Waals surface area contributed by atoms with E-state index in [0.717, 1.165) is 26.9 Å². The van der Waals surface area contributed by atoms with Crippen LogP contribution in [0.1, 0.15) is 6.92 Å². The molecule has 0 spiro atoms. The van der Waals surface area contributed by atoms with Gasteiger partial charge in [-0.1, -0.05) is 34.1 Å². The van der Waals surface area contributed by atoms with Gasteiger partial charge in [0.2, 0.25) is 5.78 Å². The molecule has 1 aromatic rings. The first kappa shape index (κ1) is 12.2. The monoisotopic (exact) mass is 313 g/mol. The van der Waals surface area contributed by atoms with Crippen LogP contribution in [0.4, 0.5) is 5.69 Å².